The van der Waals surface area contributed by atoms with Crippen molar-refractivity contribution in [3.05, 3.63) is 42.1 Å². The van der Waals surface area contributed by atoms with Crippen LogP contribution in [0.5, 0.6) is 0 Å². The molecule has 6 heteroatoms. The summed E-state index contributed by atoms with van der Waals surface area (Å²) in [5.41, 5.74) is 0.535. The fourth-order valence-corrected chi connectivity index (χ4v) is 1.99. The van der Waals surface area contributed by atoms with Crippen molar-refractivity contribution >= 4 is 16.9 Å². The van der Waals surface area contributed by atoms with Gasteiger partial charge in [0.2, 0.25) is 5.95 Å². The highest BCUT2D eigenvalue weighted by Gasteiger charge is 2.14. The van der Waals surface area contributed by atoms with Gasteiger partial charge in [0, 0.05) is 11.9 Å². The lowest BCUT2D eigenvalue weighted by Gasteiger charge is -2.04. The summed E-state index contributed by atoms with van der Waals surface area (Å²) in [5.74, 6) is -0.380. The van der Waals surface area contributed by atoms with E-state index in [1.165, 1.54) is 18.2 Å². The molecule has 0 spiro atoms. The average molecular weight is 289 g/mol. The molecule has 1 aromatic carbocycles. The number of nitrogens with zero attached hydrogens (tertiary/aromatic N) is 2. The Labute approximate surface area is 119 Å². The SMILES string of the molecule is CCCNc1ncc(F)c(-c2cc3cc(F)ccc3o2)n1. The van der Waals surface area contributed by atoms with Crippen LogP contribution in [-0.2, 0) is 0 Å². The van der Waals surface area contributed by atoms with Crippen molar-refractivity contribution in [1.82, 2.24) is 9.97 Å². The molecule has 0 radical (unpaired) electrons. The smallest absolute Gasteiger partial charge is 0.223 e. The van der Waals surface area contributed by atoms with E-state index in [-0.39, 0.29) is 17.3 Å². The van der Waals surface area contributed by atoms with Crippen molar-refractivity contribution in [3.63, 3.8) is 0 Å². The Morgan fingerprint density at radius 1 is 1.24 bits per heavy atom. The molecule has 0 saturated heterocycles. The minimum atomic E-state index is -0.587. The summed E-state index contributed by atoms with van der Waals surface area (Å²) < 4.78 is 32.6. The number of nitrogens with one attached hydrogen (secondary N) is 1. The summed E-state index contributed by atoms with van der Waals surface area (Å²) in [5, 5.41) is 3.55. The Hall–Kier alpha value is -2.50. The second kappa shape index (κ2) is 5.47. The highest BCUT2D eigenvalue weighted by molar-refractivity contribution is 5.82. The van der Waals surface area contributed by atoms with Gasteiger partial charge in [-0.3, -0.25) is 0 Å². The number of benzene rings is 1. The van der Waals surface area contributed by atoms with Crippen LogP contribution in [0.4, 0.5) is 14.7 Å². The third-order valence-electron chi connectivity index (χ3n) is 2.99. The van der Waals surface area contributed by atoms with E-state index in [2.05, 4.69) is 15.3 Å². The predicted molar refractivity (Wildman–Crippen MR) is 75.9 cm³/mol. The molecule has 0 aliphatic heterocycles. The number of halogens is 2. The van der Waals surface area contributed by atoms with Gasteiger partial charge in [-0.15, -0.1) is 0 Å². The van der Waals surface area contributed by atoms with Crippen LogP contribution in [0.15, 0.2) is 34.9 Å². The van der Waals surface area contributed by atoms with Crippen molar-refractivity contribution in [1.29, 1.82) is 0 Å². The van der Waals surface area contributed by atoms with E-state index in [0.29, 0.717) is 23.5 Å². The minimum absolute atomic E-state index is 0.0558. The third kappa shape index (κ3) is 2.69. The van der Waals surface area contributed by atoms with E-state index in [4.69, 9.17) is 4.42 Å². The molecule has 0 aliphatic carbocycles. The maximum Gasteiger partial charge on any atom is 0.223 e. The van der Waals surface area contributed by atoms with E-state index in [0.717, 1.165) is 12.6 Å². The number of hydrogen-bond acceptors (Lipinski definition) is 4. The Morgan fingerprint density at radius 2 is 2.10 bits per heavy atom. The number of anilines is 1. The lowest BCUT2D eigenvalue weighted by Crippen LogP contribution is -2.05. The molecule has 2 heterocycles. The lowest BCUT2D eigenvalue weighted by molar-refractivity contribution is 0.589. The van der Waals surface area contributed by atoms with Gasteiger partial charge in [0.15, 0.2) is 11.6 Å². The molecule has 2 aromatic heterocycles. The van der Waals surface area contributed by atoms with Crippen LogP contribution in [0.1, 0.15) is 13.3 Å². The molecule has 21 heavy (non-hydrogen) atoms. The van der Waals surface area contributed by atoms with Gasteiger partial charge in [-0.05, 0) is 30.7 Å². The van der Waals surface area contributed by atoms with Gasteiger partial charge in [-0.2, -0.15) is 0 Å². The fourth-order valence-electron chi connectivity index (χ4n) is 1.99. The molecule has 0 amide bonds. The zero-order valence-corrected chi connectivity index (χ0v) is 11.4. The van der Waals surface area contributed by atoms with Gasteiger partial charge in [-0.1, -0.05) is 6.92 Å². The first-order valence-corrected chi connectivity index (χ1v) is 6.63. The molecular weight excluding hydrogens is 276 g/mol. The molecule has 0 fully saturated rings. The van der Waals surface area contributed by atoms with Crippen LogP contribution < -0.4 is 5.32 Å². The zero-order valence-electron chi connectivity index (χ0n) is 11.4. The van der Waals surface area contributed by atoms with Crippen LogP contribution in [0.25, 0.3) is 22.4 Å². The maximum absolute atomic E-state index is 13.9. The van der Waals surface area contributed by atoms with E-state index >= 15 is 0 Å². The molecule has 1 N–H and O–H groups in total. The first-order chi connectivity index (χ1) is 10.2. The summed E-state index contributed by atoms with van der Waals surface area (Å²) in [6.07, 6.45) is 1.99. The molecule has 108 valence electrons. The fraction of sp³-hybridized carbons (Fsp3) is 0.200. The molecule has 0 atom stereocenters. The Kier molecular flexibility index (Phi) is 3.51. The lowest BCUT2D eigenvalue weighted by atomic mass is 10.2. The molecule has 0 saturated carbocycles. The van der Waals surface area contributed by atoms with Crippen LogP contribution in [-0.4, -0.2) is 16.5 Å². The standard InChI is InChI=1S/C15H13F2N3O/c1-2-5-18-15-19-8-11(17)14(20-15)13-7-9-6-10(16)3-4-12(9)21-13/h3-4,6-8H,2,5H2,1H3,(H,18,19,20). The van der Waals surface area contributed by atoms with Gasteiger partial charge in [0.25, 0.3) is 0 Å². The summed E-state index contributed by atoms with van der Waals surface area (Å²) in [7, 11) is 0. The Bertz CT molecular complexity index is 786. The second-order valence-corrected chi connectivity index (χ2v) is 4.61. The van der Waals surface area contributed by atoms with E-state index in [1.807, 2.05) is 6.92 Å². The normalized spacial score (nSPS) is 11.0. The number of furan rings is 1. The Balaban J connectivity index is 2.04. The highest BCUT2D eigenvalue weighted by Crippen LogP contribution is 2.29. The van der Waals surface area contributed by atoms with Gasteiger partial charge < -0.3 is 9.73 Å². The van der Waals surface area contributed by atoms with Crippen LogP contribution in [0, 0.1) is 11.6 Å². The largest absolute Gasteiger partial charge is 0.454 e. The monoisotopic (exact) mass is 289 g/mol. The second-order valence-electron chi connectivity index (χ2n) is 4.61. The quantitative estimate of drug-likeness (QED) is 0.789. The molecule has 0 aliphatic rings. The maximum atomic E-state index is 13.9. The summed E-state index contributed by atoms with van der Waals surface area (Å²) in [6.45, 7) is 2.70. The number of fused-ring (bicyclic) bond motifs is 1. The van der Waals surface area contributed by atoms with Crippen molar-refractivity contribution in [2.24, 2.45) is 0 Å². The average Bonchev–Trinajstić information content (AvgIpc) is 2.89. The van der Waals surface area contributed by atoms with Crippen molar-refractivity contribution in [3.8, 4) is 11.5 Å². The van der Waals surface area contributed by atoms with Crippen molar-refractivity contribution < 1.29 is 13.2 Å². The van der Waals surface area contributed by atoms with Crippen LogP contribution in [0.3, 0.4) is 0 Å². The predicted octanol–water partition coefficient (Wildman–Crippen LogP) is 3.99. The summed E-state index contributed by atoms with van der Waals surface area (Å²) in [4.78, 5) is 7.98. The molecule has 3 aromatic rings. The molecular formula is C15H13F2N3O. The number of hydrogen-bond donors (Lipinski definition) is 1. The molecule has 3 rings (SSSR count). The molecule has 4 nitrogen and oxygen atoms in total. The topological polar surface area (TPSA) is 51.0 Å². The van der Waals surface area contributed by atoms with Gasteiger partial charge in [0.05, 0.1) is 6.20 Å². The highest BCUT2D eigenvalue weighted by atomic mass is 19.1. The van der Waals surface area contributed by atoms with Gasteiger partial charge >= 0.3 is 0 Å². The zero-order chi connectivity index (χ0) is 14.8. The van der Waals surface area contributed by atoms with E-state index in [1.54, 1.807) is 6.07 Å². The summed E-state index contributed by atoms with van der Waals surface area (Å²) >= 11 is 0. The van der Waals surface area contributed by atoms with Gasteiger partial charge in [0.1, 0.15) is 17.1 Å². The molecule has 0 unspecified atom stereocenters. The third-order valence-corrected chi connectivity index (χ3v) is 2.99. The number of rotatable bonds is 4. The van der Waals surface area contributed by atoms with Gasteiger partial charge in [-0.25, -0.2) is 18.7 Å². The first kappa shape index (κ1) is 13.5. The Morgan fingerprint density at radius 3 is 2.90 bits per heavy atom. The minimum Gasteiger partial charge on any atom is -0.454 e. The number of aromatic nitrogens is 2. The summed E-state index contributed by atoms with van der Waals surface area (Å²) in [6, 6.07) is 5.69. The molecule has 0 bridgehead atoms. The van der Waals surface area contributed by atoms with E-state index in [9.17, 15) is 8.78 Å². The van der Waals surface area contributed by atoms with Crippen molar-refractivity contribution in [2.75, 3.05) is 11.9 Å². The van der Waals surface area contributed by atoms with Crippen LogP contribution in [0.2, 0.25) is 0 Å². The van der Waals surface area contributed by atoms with Crippen molar-refractivity contribution in [2.45, 2.75) is 13.3 Å². The first-order valence-electron chi connectivity index (χ1n) is 6.63. The van der Waals surface area contributed by atoms with E-state index < -0.39 is 5.82 Å². The van der Waals surface area contributed by atoms with Crippen LogP contribution >= 0.6 is 0 Å².